The van der Waals surface area contributed by atoms with Crippen molar-refractivity contribution in [1.82, 2.24) is 9.29 Å². The van der Waals surface area contributed by atoms with Crippen LogP contribution in [0.2, 0.25) is 0 Å². The van der Waals surface area contributed by atoms with Crippen molar-refractivity contribution >= 4 is 15.7 Å². The summed E-state index contributed by atoms with van der Waals surface area (Å²) in [6.45, 7) is 3.63. The zero-order valence-corrected chi connectivity index (χ0v) is 17.2. The van der Waals surface area contributed by atoms with Crippen LogP contribution in [-0.2, 0) is 10.0 Å². The molecule has 2 aromatic carbocycles. The number of rotatable bonds is 5. The van der Waals surface area contributed by atoms with Gasteiger partial charge in [-0.15, -0.1) is 0 Å². The highest BCUT2D eigenvalue weighted by atomic mass is 32.2. The van der Waals surface area contributed by atoms with Gasteiger partial charge in [0.15, 0.2) is 11.7 Å². The molecule has 152 valence electrons. The molecule has 3 aromatic rings. The molecule has 4 rings (SSSR count). The molecule has 0 saturated carbocycles. The lowest BCUT2D eigenvalue weighted by Crippen LogP contribution is -2.48. The molecular weight excluding hydrogens is 390 g/mol. The van der Waals surface area contributed by atoms with Gasteiger partial charge in [-0.25, -0.2) is 13.4 Å². The van der Waals surface area contributed by atoms with Crippen LogP contribution in [0.15, 0.2) is 64.0 Å². The minimum Gasteiger partial charge on any atom is -0.497 e. The van der Waals surface area contributed by atoms with Crippen LogP contribution >= 0.6 is 0 Å². The summed E-state index contributed by atoms with van der Waals surface area (Å²) in [5.74, 6) is 1.42. The first-order chi connectivity index (χ1) is 14.0. The molecule has 0 amide bonds. The Kier molecular flexibility index (Phi) is 5.29. The molecule has 0 spiro atoms. The fourth-order valence-electron chi connectivity index (χ4n) is 3.46. The molecular formula is C21H23N3O4S. The summed E-state index contributed by atoms with van der Waals surface area (Å²) in [5.41, 5.74) is 1.74. The van der Waals surface area contributed by atoms with Gasteiger partial charge in [0.1, 0.15) is 5.75 Å². The van der Waals surface area contributed by atoms with Crippen LogP contribution < -0.4 is 9.64 Å². The zero-order valence-electron chi connectivity index (χ0n) is 16.4. The van der Waals surface area contributed by atoms with E-state index in [4.69, 9.17) is 9.15 Å². The Morgan fingerprint density at radius 1 is 0.966 bits per heavy atom. The number of oxazole rings is 1. The molecule has 1 saturated heterocycles. The number of hydrogen-bond donors (Lipinski definition) is 0. The highest BCUT2D eigenvalue weighted by Crippen LogP contribution is 2.31. The van der Waals surface area contributed by atoms with Gasteiger partial charge in [-0.3, -0.25) is 0 Å². The third kappa shape index (κ3) is 3.86. The van der Waals surface area contributed by atoms with E-state index in [1.54, 1.807) is 14.0 Å². The Bertz CT molecular complexity index is 1070. The van der Waals surface area contributed by atoms with Crippen molar-refractivity contribution in [2.75, 3.05) is 38.2 Å². The summed E-state index contributed by atoms with van der Waals surface area (Å²) in [4.78, 5) is 6.37. The standard InChI is InChI=1S/C21H23N3O4S/c1-16-22-21(20(28-16)17-6-4-3-5-7-17)29(25,26)24-14-12-23(13-15-24)18-8-10-19(27-2)11-9-18/h3-11H,12-15H2,1-2H3. The SMILES string of the molecule is COc1ccc(N2CCN(S(=O)(=O)c3nc(C)oc3-c3ccccc3)CC2)cc1. The van der Waals surface area contributed by atoms with Crippen molar-refractivity contribution < 1.29 is 17.6 Å². The van der Waals surface area contributed by atoms with Gasteiger partial charge in [0, 0.05) is 44.4 Å². The van der Waals surface area contributed by atoms with E-state index >= 15 is 0 Å². The van der Waals surface area contributed by atoms with Gasteiger partial charge >= 0.3 is 0 Å². The summed E-state index contributed by atoms with van der Waals surface area (Å²) >= 11 is 0. The Labute approximate surface area is 170 Å². The maximum atomic E-state index is 13.3. The Morgan fingerprint density at radius 3 is 2.24 bits per heavy atom. The zero-order chi connectivity index (χ0) is 20.4. The molecule has 2 heterocycles. The highest BCUT2D eigenvalue weighted by molar-refractivity contribution is 7.89. The number of benzene rings is 2. The van der Waals surface area contributed by atoms with Gasteiger partial charge in [-0.1, -0.05) is 30.3 Å². The molecule has 1 aliphatic rings. The Hall–Kier alpha value is -2.84. The van der Waals surface area contributed by atoms with Crippen LogP contribution in [0, 0.1) is 6.92 Å². The number of aryl methyl sites for hydroxylation is 1. The highest BCUT2D eigenvalue weighted by Gasteiger charge is 2.34. The number of sulfonamides is 1. The molecule has 7 nitrogen and oxygen atoms in total. The first-order valence-electron chi connectivity index (χ1n) is 9.41. The average molecular weight is 413 g/mol. The van der Waals surface area contributed by atoms with Crippen LogP contribution in [0.1, 0.15) is 5.89 Å². The normalized spacial score (nSPS) is 15.4. The van der Waals surface area contributed by atoms with Crippen LogP contribution in [0.5, 0.6) is 5.75 Å². The quantitative estimate of drug-likeness (QED) is 0.640. The maximum Gasteiger partial charge on any atom is 0.264 e. The minimum atomic E-state index is -3.75. The number of hydrogen-bond acceptors (Lipinski definition) is 6. The molecule has 0 unspecified atom stereocenters. The van der Waals surface area contributed by atoms with Crippen LogP contribution in [0.25, 0.3) is 11.3 Å². The lowest BCUT2D eigenvalue weighted by atomic mass is 10.2. The average Bonchev–Trinajstić information content (AvgIpc) is 3.17. The summed E-state index contributed by atoms with van der Waals surface area (Å²) in [7, 11) is -2.12. The van der Waals surface area contributed by atoms with Crippen molar-refractivity contribution in [3.8, 4) is 17.1 Å². The number of aromatic nitrogens is 1. The van der Waals surface area contributed by atoms with E-state index in [9.17, 15) is 8.42 Å². The third-order valence-corrected chi connectivity index (χ3v) is 6.81. The molecule has 0 bridgehead atoms. The van der Waals surface area contributed by atoms with E-state index in [1.165, 1.54) is 4.31 Å². The molecule has 1 fully saturated rings. The Balaban J connectivity index is 1.54. The summed E-state index contributed by atoms with van der Waals surface area (Å²) in [5, 5.41) is -0.0147. The van der Waals surface area contributed by atoms with E-state index in [1.807, 2.05) is 54.6 Å². The van der Waals surface area contributed by atoms with Gasteiger partial charge in [0.2, 0.25) is 5.03 Å². The monoisotopic (exact) mass is 413 g/mol. The maximum absolute atomic E-state index is 13.3. The first-order valence-corrected chi connectivity index (χ1v) is 10.8. The molecule has 0 aliphatic carbocycles. The van der Waals surface area contributed by atoms with Crippen LogP contribution in [-0.4, -0.2) is 51.0 Å². The molecule has 1 aromatic heterocycles. The summed E-state index contributed by atoms with van der Waals surface area (Å²) in [6.07, 6.45) is 0. The molecule has 29 heavy (non-hydrogen) atoms. The first kappa shape index (κ1) is 19.5. The number of piperazine rings is 1. The third-order valence-electron chi connectivity index (χ3n) is 5.00. The topological polar surface area (TPSA) is 75.9 Å². The van der Waals surface area contributed by atoms with Crippen molar-refractivity contribution in [2.45, 2.75) is 11.9 Å². The number of nitrogens with zero attached hydrogens (tertiary/aromatic N) is 3. The fourth-order valence-corrected chi connectivity index (χ4v) is 4.98. The predicted molar refractivity (Wildman–Crippen MR) is 111 cm³/mol. The van der Waals surface area contributed by atoms with Crippen molar-refractivity contribution in [3.05, 3.63) is 60.5 Å². The van der Waals surface area contributed by atoms with E-state index in [0.29, 0.717) is 43.4 Å². The Morgan fingerprint density at radius 2 is 1.62 bits per heavy atom. The fraction of sp³-hybridized carbons (Fsp3) is 0.286. The van der Waals surface area contributed by atoms with Gasteiger partial charge in [-0.05, 0) is 24.3 Å². The van der Waals surface area contributed by atoms with Crippen molar-refractivity contribution in [1.29, 1.82) is 0 Å². The second-order valence-electron chi connectivity index (χ2n) is 6.82. The number of anilines is 1. The largest absolute Gasteiger partial charge is 0.497 e. The lowest BCUT2D eigenvalue weighted by Gasteiger charge is -2.35. The lowest BCUT2D eigenvalue weighted by molar-refractivity contribution is 0.383. The molecule has 8 heteroatoms. The predicted octanol–water partition coefficient (Wildman–Crippen LogP) is 3.17. The van der Waals surface area contributed by atoms with E-state index in [2.05, 4.69) is 9.88 Å². The second kappa shape index (κ2) is 7.88. The molecule has 0 atom stereocenters. The van der Waals surface area contributed by atoms with Gasteiger partial charge in [0.05, 0.1) is 7.11 Å². The summed E-state index contributed by atoms with van der Waals surface area (Å²) < 4.78 is 38.9. The van der Waals surface area contributed by atoms with Gasteiger partial charge < -0.3 is 14.1 Å². The van der Waals surface area contributed by atoms with Gasteiger partial charge in [-0.2, -0.15) is 4.31 Å². The molecule has 0 N–H and O–H groups in total. The van der Waals surface area contributed by atoms with E-state index in [0.717, 1.165) is 11.4 Å². The number of methoxy groups -OCH3 is 1. The number of ether oxygens (including phenoxy) is 1. The van der Waals surface area contributed by atoms with Crippen molar-refractivity contribution in [2.24, 2.45) is 0 Å². The van der Waals surface area contributed by atoms with Crippen LogP contribution in [0.3, 0.4) is 0 Å². The molecule has 1 aliphatic heterocycles. The van der Waals surface area contributed by atoms with Gasteiger partial charge in [0.25, 0.3) is 10.0 Å². The van der Waals surface area contributed by atoms with E-state index < -0.39 is 10.0 Å². The molecule has 0 radical (unpaired) electrons. The van der Waals surface area contributed by atoms with Crippen LogP contribution in [0.4, 0.5) is 5.69 Å². The minimum absolute atomic E-state index is 0.0147. The second-order valence-corrected chi connectivity index (χ2v) is 8.68. The summed E-state index contributed by atoms with van der Waals surface area (Å²) in [6, 6.07) is 17.0. The van der Waals surface area contributed by atoms with Crippen molar-refractivity contribution in [3.63, 3.8) is 0 Å². The van der Waals surface area contributed by atoms with E-state index in [-0.39, 0.29) is 5.03 Å². The smallest absolute Gasteiger partial charge is 0.264 e.